The topological polar surface area (TPSA) is 6.48 Å². The largest absolute Gasteiger partial charge is 0.401 e. The Morgan fingerprint density at radius 3 is 1.88 bits per heavy atom. The Hall–Kier alpha value is -0.290. The van der Waals surface area contributed by atoms with E-state index >= 15 is 0 Å². The lowest BCUT2D eigenvalue weighted by Gasteiger charge is -2.22. The quantitative estimate of drug-likeness (QED) is 0.751. The molecule has 0 bridgehead atoms. The third-order valence-corrected chi connectivity index (χ3v) is 4.25. The van der Waals surface area contributed by atoms with Gasteiger partial charge in [0.25, 0.3) is 0 Å². The molecule has 0 aromatic heterocycles. The van der Waals surface area contributed by atoms with Crippen LogP contribution in [-0.4, -0.2) is 55.2 Å². The highest BCUT2D eigenvalue weighted by atomic mass is 19.4. The Morgan fingerprint density at radius 1 is 0.882 bits per heavy atom. The summed E-state index contributed by atoms with van der Waals surface area (Å²) in [7, 11) is 0. The SMILES string of the molecule is FC(F)(F)CN1CC2CN(CC3CC3)CC2C1. The van der Waals surface area contributed by atoms with Crippen molar-refractivity contribution in [3.63, 3.8) is 0 Å². The van der Waals surface area contributed by atoms with E-state index in [-0.39, 0.29) is 0 Å². The summed E-state index contributed by atoms with van der Waals surface area (Å²) in [5.41, 5.74) is 0. The maximum atomic E-state index is 12.3. The van der Waals surface area contributed by atoms with Gasteiger partial charge in [-0.2, -0.15) is 13.2 Å². The Labute approximate surface area is 99.8 Å². The monoisotopic (exact) mass is 248 g/mol. The van der Waals surface area contributed by atoms with Gasteiger partial charge in [0.05, 0.1) is 6.54 Å². The molecule has 17 heavy (non-hydrogen) atoms. The minimum Gasteiger partial charge on any atom is -0.302 e. The number of nitrogens with zero attached hydrogens (tertiary/aromatic N) is 2. The van der Waals surface area contributed by atoms with Crippen molar-refractivity contribution in [3.05, 3.63) is 0 Å². The van der Waals surface area contributed by atoms with Gasteiger partial charge in [0, 0.05) is 32.7 Å². The fourth-order valence-corrected chi connectivity index (χ4v) is 3.38. The molecule has 5 heteroatoms. The van der Waals surface area contributed by atoms with Crippen LogP contribution >= 0.6 is 0 Å². The van der Waals surface area contributed by atoms with E-state index in [1.807, 2.05) is 0 Å². The molecule has 1 aliphatic carbocycles. The van der Waals surface area contributed by atoms with Crippen molar-refractivity contribution in [2.45, 2.75) is 19.0 Å². The molecular formula is C12H19F3N2. The van der Waals surface area contributed by atoms with Gasteiger partial charge in [-0.1, -0.05) is 0 Å². The van der Waals surface area contributed by atoms with Gasteiger partial charge >= 0.3 is 6.18 Å². The molecule has 0 spiro atoms. The summed E-state index contributed by atoms with van der Waals surface area (Å²) in [6, 6.07) is 0. The van der Waals surface area contributed by atoms with E-state index in [9.17, 15) is 13.2 Å². The van der Waals surface area contributed by atoms with Crippen LogP contribution in [0.5, 0.6) is 0 Å². The molecule has 3 fully saturated rings. The second-order valence-electron chi connectivity index (χ2n) is 5.99. The van der Waals surface area contributed by atoms with E-state index in [0.29, 0.717) is 24.9 Å². The first-order valence-corrected chi connectivity index (χ1v) is 6.51. The molecule has 2 saturated heterocycles. The Bertz CT molecular complexity index is 274. The van der Waals surface area contributed by atoms with Crippen LogP contribution in [0.3, 0.4) is 0 Å². The van der Waals surface area contributed by atoms with Gasteiger partial charge in [-0.25, -0.2) is 0 Å². The molecule has 3 aliphatic rings. The van der Waals surface area contributed by atoms with Crippen LogP contribution in [0.15, 0.2) is 0 Å². The molecule has 2 unspecified atom stereocenters. The zero-order valence-corrected chi connectivity index (χ0v) is 9.92. The van der Waals surface area contributed by atoms with E-state index in [0.717, 1.165) is 19.0 Å². The molecule has 0 N–H and O–H groups in total. The Balaban J connectivity index is 1.47. The van der Waals surface area contributed by atoms with E-state index < -0.39 is 12.7 Å². The highest BCUT2D eigenvalue weighted by molar-refractivity contribution is 4.94. The molecule has 0 amide bonds. The fourth-order valence-electron chi connectivity index (χ4n) is 3.38. The van der Waals surface area contributed by atoms with Crippen LogP contribution in [-0.2, 0) is 0 Å². The zero-order valence-electron chi connectivity index (χ0n) is 9.92. The average molecular weight is 248 g/mol. The summed E-state index contributed by atoms with van der Waals surface area (Å²) >= 11 is 0. The van der Waals surface area contributed by atoms with Gasteiger partial charge in [0.2, 0.25) is 0 Å². The average Bonchev–Trinajstić information content (AvgIpc) is 2.77. The zero-order chi connectivity index (χ0) is 12.0. The second-order valence-corrected chi connectivity index (χ2v) is 5.99. The predicted molar refractivity (Wildman–Crippen MR) is 58.6 cm³/mol. The van der Waals surface area contributed by atoms with E-state index in [2.05, 4.69) is 4.90 Å². The third kappa shape index (κ3) is 2.94. The Morgan fingerprint density at radius 2 is 1.41 bits per heavy atom. The summed E-state index contributed by atoms with van der Waals surface area (Å²) < 4.78 is 36.9. The van der Waals surface area contributed by atoms with E-state index in [1.54, 1.807) is 4.90 Å². The lowest BCUT2D eigenvalue weighted by molar-refractivity contribution is -0.144. The first-order valence-electron chi connectivity index (χ1n) is 6.51. The predicted octanol–water partition coefficient (Wildman–Crippen LogP) is 1.82. The minimum absolute atomic E-state index is 0.482. The van der Waals surface area contributed by atoms with E-state index in [1.165, 1.54) is 19.4 Å². The molecule has 98 valence electrons. The van der Waals surface area contributed by atoms with Gasteiger partial charge in [-0.15, -0.1) is 0 Å². The lowest BCUT2D eigenvalue weighted by atomic mass is 10.0. The fraction of sp³-hybridized carbons (Fsp3) is 1.00. The number of halogens is 3. The van der Waals surface area contributed by atoms with E-state index in [4.69, 9.17) is 0 Å². The standard InChI is InChI=1S/C12H19F3N2/c13-12(14,15)8-17-6-10-4-16(3-9-1-2-9)5-11(10)7-17/h9-11H,1-8H2. The number of rotatable bonds is 3. The molecule has 2 aliphatic heterocycles. The molecule has 1 saturated carbocycles. The summed E-state index contributed by atoms with van der Waals surface area (Å²) in [5.74, 6) is 1.85. The van der Waals surface area contributed by atoms with Crippen molar-refractivity contribution >= 4 is 0 Å². The number of hydrogen-bond acceptors (Lipinski definition) is 2. The molecule has 3 rings (SSSR count). The van der Waals surface area contributed by atoms with Crippen LogP contribution in [0.25, 0.3) is 0 Å². The van der Waals surface area contributed by atoms with Crippen LogP contribution in [0.2, 0.25) is 0 Å². The number of fused-ring (bicyclic) bond motifs is 1. The van der Waals surface area contributed by atoms with Crippen molar-refractivity contribution in [1.29, 1.82) is 0 Å². The number of likely N-dealkylation sites (tertiary alicyclic amines) is 2. The highest BCUT2D eigenvalue weighted by Gasteiger charge is 2.43. The van der Waals surface area contributed by atoms with Crippen molar-refractivity contribution in [1.82, 2.24) is 9.80 Å². The van der Waals surface area contributed by atoms with Crippen molar-refractivity contribution in [2.24, 2.45) is 17.8 Å². The smallest absolute Gasteiger partial charge is 0.302 e. The molecule has 0 aromatic carbocycles. The van der Waals surface area contributed by atoms with Gasteiger partial charge in [0.1, 0.15) is 0 Å². The summed E-state index contributed by atoms with van der Waals surface area (Å²) in [4.78, 5) is 4.06. The van der Waals surface area contributed by atoms with Gasteiger partial charge < -0.3 is 4.90 Å². The molecule has 2 heterocycles. The molecule has 0 radical (unpaired) electrons. The molecular weight excluding hydrogens is 229 g/mol. The van der Waals surface area contributed by atoms with Crippen molar-refractivity contribution in [3.8, 4) is 0 Å². The highest BCUT2D eigenvalue weighted by Crippen LogP contribution is 2.36. The first-order chi connectivity index (χ1) is 7.99. The minimum atomic E-state index is -4.04. The Kier molecular flexibility index (Phi) is 2.86. The van der Waals surface area contributed by atoms with Crippen molar-refractivity contribution in [2.75, 3.05) is 39.3 Å². The van der Waals surface area contributed by atoms with Gasteiger partial charge in [-0.3, -0.25) is 4.90 Å². The molecule has 2 atom stereocenters. The second kappa shape index (κ2) is 4.12. The number of alkyl halides is 3. The van der Waals surface area contributed by atoms with Crippen LogP contribution in [0.4, 0.5) is 13.2 Å². The molecule has 0 aromatic rings. The lowest BCUT2D eigenvalue weighted by Crippen LogP contribution is -2.35. The number of hydrogen-bond donors (Lipinski definition) is 0. The van der Waals surface area contributed by atoms with Crippen LogP contribution < -0.4 is 0 Å². The first kappa shape index (κ1) is 11.8. The summed E-state index contributed by atoms with van der Waals surface area (Å²) in [6.07, 6.45) is -1.33. The van der Waals surface area contributed by atoms with Gasteiger partial charge in [-0.05, 0) is 30.6 Å². The maximum absolute atomic E-state index is 12.3. The van der Waals surface area contributed by atoms with Crippen molar-refractivity contribution < 1.29 is 13.2 Å². The van der Waals surface area contributed by atoms with Crippen LogP contribution in [0, 0.1) is 17.8 Å². The van der Waals surface area contributed by atoms with Crippen LogP contribution in [0.1, 0.15) is 12.8 Å². The maximum Gasteiger partial charge on any atom is 0.401 e. The summed E-state index contributed by atoms with van der Waals surface area (Å²) in [5, 5.41) is 0. The molecule has 2 nitrogen and oxygen atoms in total. The van der Waals surface area contributed by atoms with Gasteiger partial charge in [0.15, 0.2) is 0 Å². The normalized spacial score (nSPS) is 35.5. The third-order valence-electron chi connectivity index (χ3n) is 4.25. The summed E-state index contributed by atoms with van der Waals surface area (Å²) in [6.45, 7) is 3.80.